The maximum atomic E-state index is 12.3. The number of rotatable bonds is 4. The molecule has 0 aliphatic rings. The smallest absolute Gasteiger partial charge is 0.238 e. The van der Waals surface area contributed by atoms with Gasteiger partial charge in [0, 0.05) is 11.6 Å². The number of aryl methyl sites for hydroxylation is 1. The third-order valence-electron chi connectivity index (χ3n) is 3.46. The summed E-state index contributed by atoms with van der Waals surface area (Å²) in [5.74, 6) is 0.959. The second-order valence-electron chi connectivity index (χ2n) is 5.33. The molecule has 2 aromatic carbocycles. The van der Waals surface area contributed by atoms with Crippen LogP contribution in [0.1, 0.15) is 5.56 Å². The highest BCUT2D eigenvalue weighted by Gasteiger charge is 2.24. The summed E-state index contributed by atoms with van der Waals surface area (Å²) in [6.45, 7) is 1.90. The topological polar surface area (TPSA) is 50.5 Å². The van der Waals surface area contributed by atoms with Crippen LogP contribution in [-0.2, 0) is 10.0 Å². The fourth-order valence-electron chi connectivity index (χ4n) is 2.49. The standard InChI is InChI=1S/C18H17NO3S/c1-14-13-17(22-18(14)15-9-5-3-6-10-15)19(23(2,20)21)16-11-7-4-8-12-16/h3-13H,1-2H3. The van der Waals surface area contributed by atoms with Crippen molar-refractivity contribution in [1.29, 1.82) is 0 Å². The first kappa shape index (κ1) is 15.4. The molecular weight excluding hydrogens is 310 g/mol. The molecule has 0 unspecified atom stereocenters. The van der Waals surface area contributed by atoms with Gasteiger partial charge in [-0.15, -0.1) is 0 Å². The third kappa shape index (κ3) is 3.14. The first-order valence-electron chi connectivity index (χ1n) is 7.18. The highest BCUT2D eigenvalue weighted by Crippen LogP contribution is 2.35. The van der Waals surface area contributed by atoms with E-state index in [9.17, 15) is 8.42 Å². The Kier molecular flexibility index (Phi) is 3.96. The van der Waals surface area contributed by atoms with E-state index in [1.807, 2.05) is 43.3 Å². The van der Waals surface area contributed by atoms with Gasteiger partial charge >= 0.3 is 0 Å². The highest BCUT2D eigenvalue weighted by atomic mass is 32.2. The van der Waals surface area contributed by atoms with E-state index in [1.165, 1.54) is 10.6 Å². The molecule has 0 N–H and O–H groups in total. The molecule has 0 aliphatic carbocycles. The summed E-state index contributed by atoms with van der Waals surface area (Å²) in [6.07, 6.45) is 1.17. The molecule has 0 fully saturated rings. The molecule has 0 spiro atoms. The molecule has 5 heteroatoms. The minimum Gasteiger partial charge on any atom is -0.439 e. The molecule has 0 saturated carbocycles. The van der Waals surface area contributed by atoms with Gasteiger partial charge in [-0.3, -0.25) is 0 Å². The molecule has 1 heterocycles. The number of furan rings is 1. The van der Waals surface area contributed by atoms with Gasteiger partial charge in [-0.1, -0.05) is 48.5 Å². The summed E-state index contributed by atoms with van der Waals surface area (Å²) in [5, 5.41) is 0. The maximum Gasteiger partial charge on any atom is 0.238 e. The Morgan fingerprint density at radius 1 is 0.913 bits per heavy atom. The molecule has 0 amide bonds. The molecule has 0 aliphatic heterocycles. The van der Waals surface area contributed by atoms with Crippen LogP contribution >= 0.6 is 0 Å². The summed E-state index contributed by atoms with van der Waals surface area (Å²) in [4.78, 5) is 0. The lowest BCUT2D eigenvalue weighted by atomic mass is 10.1. The Bertz CT molecular complexity index is 900. The van der Waals surface area contributed by atoms with Gasteiger partial charge in [0.2, 0.25) is 15.9 Å². The predicted molar refractivity (Wildman–Crippen MR) is 92.3 cm³/mol. The zero-order valence-corrected chi connectivity index (χ0v) is 13.7. The van der Waals surface area contributed by atoms with Gasteiger partial charge in [0.15, 0.2) is 0 Å². The second-order valence-corrected chi connectivity index (χ2v) is 7.16. The average Bonchev–Trinajstić information content (AvgIpc) is 2.89. The van der Waals surface area contributed by atoms with E-state index in [1.54, 1.807) is 30.3 Å². The second kappa shape index (κ2) is 5.93. The minimum absolute atomic E-state index is 0.287. The number of para-hydroxylation sites is 1. The van der Waals surface area contributed by atoms with Crippen LogP contribution in [0, 0.1) is 6.92 Å². The molecule has 1 aromatic heterocycles. The van der Waals surface area contributed by atoms with Crippen molar-refractivity contribution in [3.05, 3.63) is 72.3 Å². The van der Waals surface area contributed by atoms with Crippen molar-refractivity contribution in [3.8, 4) is 11.3 Å². The Morgan fingerprint density at radius 3 is 2.04 bits per heavy atom. The third-order valence-corrected chi connectivity index (χ3v) is 4.52. The number of benzene rings is 2. The Morgan fingerprint density at radius 2 is 1.48 bits per heavy atom. The van der Waals surface area contributed by atoms with Gasteiger partial charge in [-0.05, 0) is 24.6 Å². The Balaban J connectivity index is 2.13. The Labute approximate surface area is 136 Å². The normalized spacial score (nSPS) is 11.4. The molecule has 3 aromatic rings. The van der Waals surface area contributed by atoms with Gasteiger partial charge in [0.05, 0.1) is 11.9 Å². The fourth-order valence-corrected chi connectivity index (χ4v) is 3.41. The molecule has 3 rings (SSSR count). The first-order valence-corrected chi connectivity index (χ1v) is 9.03. The molecule has 0 radical (unpaired) electrons. The summed E-state index contributed by atoms with van der Waals surface area (Å²) in [5.41, 5.74) is 2.34. The predicted octanol–water partition coefficient (Wildman–Crippen LogP) is 4.35. The lowest BCUT2D eigenvalue weighted by Gasteiger charge is -2.19. The maximum absolute atomic E-state index is 12.3. The van der Waals surface area contributed by atoms with Crippen LogP contribution < -0.4 is 4.31 Å². The number of nitrogens with zero attached hydrogens (tertiary/aromatic N) is 1. The molecule has 23 heavy (non-hydrogen) atoms. The van der Waals surface area contributed by atoms with E-state index in [4.69, 9.17) is 4.42 Å². The van der Waals surface area contributed by atoms with Crippen molar-refractivity contribution < 1.29 is 12.8 Å². The summed E-state index contributed by atoms with van der Waals surface area (Å²) in [6, 6.07) is 20.3. The van der Waals surface area contributed by atoms with Crippen molar-refractivity contribution in [2.24, 2.45) is 0 Å². The van der Waals surface area contributed by atoms with Gasteiger partial charge < -0.3 is 4.42 Å². The molecular formula is C18H17NO3S. The van der Waals surface area contributed by atoms with Crippen LogP contribution in [-0.4, -0.2) is 14.7 Å². The van der Waals surface area contributed by atoms with E-state index in [-0.39, 0.29) is 5.88 Å². The van der Waals surface area contributed by atoms with Crippen molar-refractivity contribution >= 4 is 21.6 Å². The fraction of sp³-hybridized carbons (Fsp3) is 0.111. The van der Waals surface area contributed by atoms with E-state index in [0.717, 1.165) is 11.1 Å². The lowest BCUT2D eigenvalue weighted by Crippen LogP contribution is -2.24. The first-order chi connectivity index (χ1) is 11.0. The molecule has 118 valence electrons. The molecule has 0 atom stereocenters. The van der Waals surface area contributed by atoms with Crippen LogP contribution in [0.25, 0.3) is 11.3 Å². The van der Waals surface area contributed by atoms with Crippen LogP contribution in [0.15, 0.2) is 71.1 Å². The van der Waals surface area contributed by atoms with Gasteiger partial charge in [0.1, 0.15) is 5.76 Å². The molecule has 0 bridgehead atoms. The lowest BCUT2D eigenvalue weighted by molar-refractivity contribution is 0.574. The average molecular weight is 327 g/mol. The van der Waals surface area contributed by atoms with Crippen molar-refractivity contribution in [3.63, 3.8) is 0 Å². The molecule has 4 nitrogen and oxygen atoms in total. The van der Waals surface area contributed by atoms with Crippen LogP contribution in [0.4, 0.5) is 11.6 Å². The van der Waals surface area contributed by atoms with Gasteiger partial charge in [-0.25, -0.2) is 12.7 Å². The number of hydrogen-bond donors (Lipinski definition) is 0. The zero-order chi connectivity index (χ0) is 16.4. The highest BCUT2D eigenvalue weighted by molar-refractivity contribution is 7.92. The largest absolute Gasteiger partial charge is 0.439 e. The van der Waals surface area contributed by atoms with E-state index < -0.39 is 10.0 Å². The van der Waals surface area contributed by atoms with Gasteiger partial charge in [-0.2, -0.15) is 0 Å². The van der Waals surface area contributed by atoms with Crippen molar-refractivity contribution in [1.82, 2.24) is 0 Å². The van der Waals surface area contributed by atoms with Crippen molar-refractivity contribution in [2.75, 3.05) is 10.6 Å². The number of anilines is 2. The van der Waals surface area contributed by atoms with Crippen LogP contribution in [0.3, 0.4) is 0 Å². The van der Waals surface area contributed by atoms with E-state index in [0.29, 0.717) is 11.4 Å². The zero-order valence-electron chi connectivity index (χ0n) is 12.9. The van der Waals surface area contributed by atoms with E-state index >= 15 is 0 Å². The van der Waals surface area contributed by atoms with Gasteiger partial charge in [0.25, 0.3) is 0 Å². The minimum atomic E-state index is -3.52. The van der Waals surface area contributed by atoms with E-state index in [2.05, 4.69) is 0 Å². The number of hydrogen-bond acceptors (Lipinski definition) is 3. The summed E-state index contributed by atoms with van der Waals surface area (Å²) < 4.78 is 31.6. The number of sulfonamides is 1. The monoisotopic (exact) mass is 327 g/mol. The SMILES string of the molecule is Cc1cc(N(c2ccccc2)S(C)(=O)=O)oc1-c1ccccc1. The molecule has 0 saturated heterocycles. The van der Waals surface area contributed by atoms with Crippen molar-refractivity contribution in [2.45, 2.75) is 6.92 Å². The van der Waals surface area contributed by atoms with Crippen LogP contribution in [0.5, 0.6) is 0 Å². The quantitative estimate of drug-likeness (QED) is 0.715. The Hall–Kier alpha value is -2.53. The summed E-state index contributed by atoms with van der Waals surface area (Å²) >= 11 is 0. The van der Waals surface area contributed by atoms with Crippen LogP contribution in [0.2, 0.25) is 0 Å². The summed E-state index contributed by atoms with van der Waals surface area (Å²) in [7, 11) is -3.52.